The fourth-order valence-electron chi connectivity index (χ4n) is 5.09. The first kappa shape index (κ1) is 33.1. The van der Waals surface area contributed by atoms with Crippen molar-refractivity contribution in [1.82, 2.24) is 10.6 Å². The van der Waals surface area contributed by atoms with Crippen LogP contribution in [0.3, 0.4) is 0 Å². The number of carbonyl (C=O) groups excluding carboxylic acids is 2. The lowest BCUT2D eigenvalue weighted by Gasteiger charge is -2.28. The third-order valence-electron chi connectivity index (χ3n) is 7.39. The minimum absolute atomic E-state index is 0.173. The summed E-state index contributed by atoms with van der Waals surface area (Å²) in [7, 11) is 0. The molecular formula is C31H51N3O4S. The quantitative estimate of drug-likeness (QED) is 0.121. The minimum Gasteiger partial charge on any atom is -0.480 e. The van der Waals surface area contributed by atoms with E-state index in [1.54, 1.807) is 24.3 Å². The van der Waals surface area contributed by atoms with Gasteiger partial charge in [-0.25, -0.2) is 0 Å². The van der Waals surface area contributed by atoms with Gasteiger partial charge in [-0.1, -0.05) is 115 Å². The highest BCUT2D eigenvalue weighted by molar-refractivity contribution is 8.01. The van der Waals surface area contributed by atoms with Gasteiger partial charge < -0.3 is 15.7 Å². The first-order valence-corrected chi connectivity index (χ1v) is 16.2. The van der Waals surface area contributed by atoms with Crippen molar-refractivity contribution in [2.75, 3.05) is 17.6 Å². The van der Waals surface area contributed by atoms with Gasteiger partial charge in [0.2, 0.25) is 5.91 Å². The average Bonchev–Trinajstić information content (AvgIpc) is 3.38. The van der Waals surface area contributed by atoms with Gasteiger partial charge in [-0.2, -0.15) is 0 Å². The van der Waals surface area contributed by atoms with Crippen LogP contribution in [0.1, 0.15) is 122 Å². The molecule has 1 aliphatic heterocycles. The maximum atomic E-state index is 13.3. The third-order valence-corrected chi connectivity index (χ3v) is 8.86. The molecular weight excluding hydrogens is 510 g/mol. The van der Waals surface area contributed by atoms with E-state index in [0.717, 1.165) is 12.8 Å². The molecule has 0 radical (unpaired) electrons. The standard InChI is InChI=1S/C31H51N3O4S/c1-3-4-5-6-7-8-9-10-11-12-13-14-15-16-17-18-23-32-30(38)31(34-28(24-39-31)29(36)37)26-19-21-27(22-20-26)33-25(2)35/h19-22,28,34H,3-18,23-24H2,1-2H3,(H,32,38)(H,33,35)(H,36,37). The lowest BCUT2D eigenvalue weighted by Crippen LogP contribution is -2.52. The Labute approximate surface area is 240 Å². The van der Waals surface area contributed by atoms with Crippen molar-refractivity contribution in [3.8, 4) is 0 Å². The molecule has 0 aromatic heterocycles. The lowest BCUT2D eigenvalue weighted by molar-refractivity contribution is -0.139. The maximum Gasteiger partial charge on any atom is 0.321 e. The van der Waals surface area contributed by atoms with Crippen LogP contribution >= 0.6 is 11.8 Å². The molecule has 0 spiro atoms. The van der Waals surface area contributed by atoms with E-state index in [0.29, 0.717) is 23.5 Å². The van der Waals surface area contributed by atoms with Crippen LogP contribution in [0.25, 0.3) is 0 Å². The molecule has 1 saturated heterocycles. The Morgan fingerprint density at radius 1 is 0.846 bits per heavy atom. The second-order valence-electron chi connectivity index (χ2n) is 10.8. The predicted molar refractivity (Wildman–Crippen MR) is 162 cm³/mol. The van der Waals surface area contributed by atoms with E-state index in [9.17, 15) is 19.5 Å². The number of aliphatic carboxylic acids is 1. The van der Waals surface area contributed by atoms with Gasteiger partial charge >= 0.3 is 5.97 Å². The van der Waals surface area contributed by atoms with Crippen molar-refractivity contribution < 1.29 is 19.5 Å². The number of carboxylic acids is 1. The van der Waals surface area contributed by atoms with Gasteiger partial charge in [-0.3, -0.25) is 19.7 Å². The number of anilines is 1. The number of thioether (sulfide) groups is 1. The number of benzene rings is 1. The van der Waals surface area contributed by atoms with Crippen LogP contribution in [0.4, 0.5) is 5.69 Å². The monoisotopic (exact) mass is 561 g/mol. The molecule has 0 saturated carbocycles. The number of carbonyl (C=O) groups is 3. The van der Waals surface area contributed by atoms with E-state index in [1.165, 1.54) is 109 Å². The Kier molecular flexibility index (Phi) is 16.2. The Bertz CT molecular complexity index is 864. The van der Waals surface area contributed by atoms with Crippen LogP contribution < -0.4 is 16.0 Å². The van der Waals surface area contributed by atoms with Gasteiger partial charge in [0.05, 0.1) is 0 Å². The molecule has 1 heterocycles. The zero-order valence-corrected chi connectivity index (χ0v) is 25.0. The molecule has 2 rings (SSSR count). The third kappa shape index (κ3) is 12.3. The summed E-state index contributed by atoms with van der Waals surface area (Å²) in [5.41, 5.74) is 1.31. The second kappa shape index (κ2) is 19.1. The number of hydrogen-bond acceptors (Lipinski definition) is 5. The van der Waals surface area contributed by atoms with Crippen molar-refractivity contribution in [2.45, 2.75) is 127 Å². The minimum atomic E-state index is -1.16. The van der Waals surface area contributed by atoms with Crippen molar-refractivity contribution in [3.63, 3.8) is 0 Å². The molecule has 1 aliphatic rings. The Hall–Kier alpha value is -2.06. The second-order valence-corrected chi connectivity index (χ2v) is 12.1. The van der Waals surface area contributed by atoms with Gasteiger partial charge in [0.15, 0.2) is 4.87 Å². The summed E-state index contributed by atoms with van der Waals surface area (Å²) < 4.78 is 0. The first-order valence-electron chi connectivity index (χ1n) is 15.2. The normalized spacial score (nSPS) is 18.7. The van der Waals surface area contributed by atoms with Crippen molar-refractivity contribution >= 4 is 35.2 Å². The molecule has 2 atom stereocenters. The van der Waals surface area contributed by atoms with Gasteiger partial charge in [0.1, 0.15) is 6.04 Å². The fraction of sp³-hybridized carbons (Fsp3) is 0.710. The van der Waals surface area contributed by atoms with Gasteiger partial charge in [-0.05, 0) is 24.1 Å². The van der Waals surface area contributed by atoms with E-state index in [-0.39, 0.29) is 11.8 Å². The maximum absolute atomic E-state index is 13.3. The lowest BCUT2D eigenvalue weighted by atomic mass is 10.0. The van der Waals surface area contributed by atoms with Gasteiger partial charge in [0, 0.05) is 24.9 Å². The predicted octanol–water partition coefficient (Wildman–Crippen LogP) is 6.97. The van der Waals surface area contributed by atoms with Crippen LogP contribution in [0.15, 0.2) is 24.3 Å². The summed E-state index contributed by atoms with van der Waals surface area (Å²) in [6.45, 7) is 4.28. The molecule has 1 aromatic rings. The molecule has 39 heavy (non-hydrogen) atoms. The van der Waals surface area contributed by atoms with E-state index >= 15 is 0 Å². The number of amides is 2. The van der Waals surface area contributed by atoms with Gasteiger partial charge in [-0.15, -0.1) is 11.8 Å². The molecule has 2 amide bonds. The molecule has 0 bridgehead atoms. The van der Waals surface area contributed by atoms with Crippen LogP contribution in [0.5, 0.6) is 0 Å². The topological polar surface area (TPSA) is 108 Å². The van der Waals surface area contributed by atoms with Crippen molar-refractivity contribution in [2.24, 2.45) is 0 Å². The zero-order chi connectivity index (χ0) is 28.3. The molecule has 220 valence electrons. The van der Waals surface area contributed by atoms with E-state index in [1.807, 2.05) is 0 Å². The van der Waals surface area contributed by atoms with Crippen molar-refractivity contribution in [3.05, 3.63) is 29.8 Å². The van der Waals surface area contributed by atoms with E-state index in [2.05, 4.69) is 22.9 Å². The highest BCUT2D eigenvalue weighted by Crippen LogP contribution is 2.40. The van der Waals surface area contributed by atoms with Gasteiger partial charge in [0.25, 0.3) is 5.91 Å². The molecule has 1 fully saturated rings. The highest BCUT2D eigenvalue weighted by Gasteiger charge is 2.49. The molecule has 8 heteroatoms. The SMILES string of the molecule is CCCCCCCCCCCCCCCCCCNC(=O)C1(c2ccc(NC(C)=O)cc2)NC(C(=O)O)CS1. The molecule has 0 aliphatic carbocycles. The van der Waals surface area contributed by atoms with Crippen molar-refractivity contribution in [1.29, 1.82) is 0 Å². The van der Waals surface area contributed by atoms with Crippen LogP contribution in [-0.2, 0) is 19.3 Å². The summed E-state index contributed by atoms with van der Waals surface area (Å²) in [6, 6.07) is 6.20. The molecule has 4 N–H and O–H groups in total. The zero-order valence-electron chi connectivity index (χ0n) is 24.2. The number of hydrogen-bond donors (Lipinski definition) is 4. The molecule has 1 aromatic carbocycles. The number of nitrogens with one attached hydrogen (secondary N) is 3. The number of unbranched alkanes of at least 4 members (excludes halogenated alkanes) is 15. The largest absolute Gasteiger partial charge is 0.480 e. The van der Waals surface area contributed by atoms with Crippen LogP contribution in [0.2, 0.25) is 0 Å². The Balaban J connectivity index is 1.62. The van der Waals surface area contributed by atoms with Crippen LogP contribution in [-0.4, -0.2) is 41.2 Å². The highest BCUT2D eigenvalue weighted by atomic mass is 32.2. The smallest absolute Gasteiger partial charge is 0.321 e. The molecule has 7 nitrogen and oxygen atoms in total. The number of carboxylic acid groups (broad SMARTS) is 1. The first-order chi connectivity index (χ1) is 18.9. The summed E-state index contributed by atoms with van der Waals surface area (Å²) >= 11 is 1.31. The number of rotatable bonds is 21. The summed E-state index contributed by atoms with van der Waals surface area (Å²) in [4.78, 5) is 35.1. The average molecular weight is 562 g/mol. The summed E-state index contributed by atoms with van der Waals surface area (Å²) in [5.74, 6) is -1.06. The fourth-order valence-corrected chi connectivity index (χ4v) is 6.46. The Morgan fingerprint density at radius 2 is 1.33 bits per heavy atom. The summed E-state index contributed by atoms with van der Waals surface area (Å²) in [5, 5.41) is 18.3. The molecule has 2 unspecified atom stereocenters. The van der Waals surface area contributed by atoms with Crippen LogP contribution in [0, 0.1) is 0 Å². The Morgan fingerprint density at radius 3 is 1.77 bits per heavy atom. The van der Waals surface area contributed by atoms with E-state index in [4.69, 9.17) is 0 Å². The van der Waals surface area contributed by atoms with E-state index < -0.39 is 16.9 Å². The summed E-state index contributed by atoms with van der Waals surface area (Å²) in [6.07, 6.45) is 20.9.